The van der Waals surface area contributed by atoms with Gasteiger partial charge in [0.2, 0.25) is 0 Å². The molecule has 0 radical (unpaired) electrons. The molecule has 2 nitrogen and oxygen atoms in total. The average Bonchev–Trinajstić information content (AvgIpc) is 2.08. The Kier molecular flexibility index (Phi) is 6.57. The van der Waals surface area contributed by atoms with Crippen LogP contribution in [0.15, 0.2) is 0 Å². The van der Waals surface area contributed by atoms with Gasteiger partial charge in [0, 0.05) is 25.2 Å². The minimum atomic E-state index is 0.318. The van der Waals surface area contributed by atoms with E-state index in [2.05, 4.69) is 65.7 Å². The van der Waals surface area contributed by atoms with Crippen LogP contribution in [0.3, 0.4) is 0 Å². The standard InChI is InChI=1S/C14H32N2/c1-11(2)9-16(12(3)4)10-13(15-8)14(5,6)7/h11-13,15H,9-10H2,1-8H3. The number of nitrogens with zero attached hydrogens (tertiary/aromatic N) is 1. The van der Waals surface area contributed by atoms with E-state index in [1.807, 2.05) is 0 Å². The summed E-state index contributed by atoms with van der Waals surface area (Å²) in [6.45, 7) is 18.4. The molecule has 1 atom stereocenters. The van der Waals surface area contributed by atoms with Crippen molar-refractivity contribution in [2.75, 3.05) is 20.1 Å². The van der Waals surface area contributed by atoms with Gasteiger partial charge >= 0.3 is 0 Å². The summed E-state index contributed by atoms with van der Waals surface area (Å²) >= 11 is 0. The van der Waals surface area contributed by atoms with Gasteiger partial charge in [-0.05, 0) is 32.2 Å². The van der Waals surface area contributed by atoms with E-state index in [0.717, 1.165) is 12.5 Å². The van der Waals surface area contributed by atoms with Crippen molar-refractivity contribution in [1.29, 1.82) is 0 Å². The lowest BCUT2D eigenvalue weighted by molar-refractivity contribution is 0.138. The maximum atomic E-state index is 3.46. The molecule has 0 aromatic rings. The first kappa shape index (κ1) is 15.9. The summed E-state index contributed by atoms with van der Waals surface area (Å²) in [6.07, 6.45) is 0. The van der Waals surface area contributed by atoms with Crippen molar-refractivity contribution in [3.63, 3.8) is 0 Å². The molecule has 1 N–H and O–H groups in total. The molecule has 0 aliphatic rings. The van der Waals surface area contributed by atoms with Gasteiger partial charge in [0.05, 0.1) is 0 Å². The van der Waals surface area contributed by atoms with Crippen LogP contribution in [-0.2, 0) is 0 Å². The summed E-state index contributed by atoms with van der Waals surface area (Å²) < 4.78 is 0. The zero-order chi connectivity index (χ0) is 12.9. The Morgan fingerprint density at radius 2 is 1.50 bits per heavy atom. The number of nitrogens with one attached hydrogen (secondary N) is 1. The van der Waals surface area contributed by atoms with Crippen LogP contribution < -0.4 is 5.32 Å². The van der Waals surface area contributed by atoms with E-state index in [0.29, 0.717) is 17.5 Å². The average molecular weight is 228 g/mol. The van der Waals surface area contributed by atoms with Gasteiger partial charge in [-0.15, -0.1) is 0 Å². The molecule has 0 aromatic carbocycles. The SMILES string of the molecule is CNC(CN(CC(C)C)C(C)C)C(C)(C)C. The molecule has 0 aliphatic carbocycles. The second-order valence-corrected chi connectivity index (χ2v) is 6.65. The van der Waals surface area contributed by atoms with Crippen molar-refractivity contribution in [1.82, 2.24) is 10.2 Å². The van der Waals surface area contributed by atoms with Gasteiger partial charge in [0.25, 0.3) is 0 Å². The molecule has 0 saturated carbocycles. The maximum absolute atomic E-state index is 3.46. The minimum absolute atomic E-state index is 0.318. The first-order valence-corrected chi connectivity index (χ1v) is 6.59. The van der Waals surface area contributed by atoms with Crippen molar-refractivity contribution in [3.05, 3.63) is 0 Å². The van der Waals surface area contributed by atoms with Crippen molar-refractivity contribution in [3.8, 4) is 0 Å². The Hall–Kier alpha value is -0.0800. The molecule has 0 amide bonds. The Morgan fingerprint density at radius 1 is 1.00 bits per heavy atom. The molecule has 16 heavy (non-hydrogen) atoms. The molecule has 0 heterocycles. The van der Waals surface area contributed by atoms with Crippen LogP contribution in [0.1, 0.15) is 48.5 Å². The lowest BCUT2D eigenvalue weighted by Crippen LogP contribution is -2.49. The first-order chi connectivity index (χ1) is 7.18. The van der Waals surface area contributed by atoms with E-state index in [9.17, 15) is 0 Å². The molecular weight excluding hydrogens is 196 g/mol. The molecular formula is C14H32N2. The van der Waals surface area contributed by atoms with E-state index in [1.165, 1.54) is 6.54 Å². The lowest BCUT2D eigenvalue weighted by atomic mass is 9.86. The third-order valence-electron chi connectivity index (χ3n) is 3.14. The van der Waals surface area contributed by atoms with Crippen molar-refractivity contribution >= 4 is 0 Å². The highest BCUT2D eigenvalue weighted by atomic mass is 15.2. The minimum Gasteiger partial charge on any atom is -0.315 e. The maximum Gasteiger partial charge on any atom is 0.0240 e. The van der Waals surface area contributed by atoms with Crippen LogP contribution in [0.2, 0.25) is 0 Å². The van der Waals surface area contributed by atoms with E-state index in [4.69, 9.17) is 0 Å². The summed E-state index contributed by atoms with van der Waals surface area (Å²) in [4.78, 5) is 2.58. The first-order valence-electron chi connectivity index (χ1n) is 6.59. The predicted octanol–water partition coefficient (Wildman–Crippen LogP) is 2.99. The second-order valence-electron chi connectivity index (χ2n) is 6.65. The van der Waals surface area contributed by atoms with Gasteiger partial charge in [-0.3, -0.25) is 4.90 Å². The topological polar surface area (TPSA) is 15.3 Å². The highest BCUT2D eigenvalue weighted by Gasteiger charge is 2.26. The Labute approximate surface area is 103 Å². The van der Waals surface area contributed by atoms with Crippen molar-refractivity contribution in [2.24, 2.45) is 11.3 Å². The highest BCUT2D eigenvalue weighted by molar-refractivity contribution is 4.83. The normalized spacial score (nSPS) is 15.2. The third-order valence-corrected chi connectivity index (χ3v) is 3.14. The van der Waals surface area contributed by atoms with E-state index < -0.39 is 0 Å². The molecule has 98 valence electrons. The van der Waals surface area contributed by atoms with E-state index >= 15 is 0 Å². The summed E-state index contributed by atoms with van der Waals surface area (Å²) in [5, 5.41) is 3.46. The quantitative estimate of drug-likeness (QED) is 0.752. The molecule has 1 unspecified atom stereocenters. The number of hydrogen-bond donors (Lipinski definition) is 1. The number of likely N-dealkylation sites (N-methyl/N-ethyl adjacent to an activating group) is 1. The van der Waals surface area contributed by atoms with Gasteiger partial charge < -0.3 is 5.32 Å². The molecule has 0 saturated heterocycles. The lowest BCUT2D eigenvalue weighted by Gasteiger charge is -2.37. The highest BCUT2D eigenvalue weighted by Crippen LogP contribution is 2.21. The summed E-state index contributed by atoms with van der Waals surface area (Å²) in [5.41, 5.74) is 0.318. The van der Waals surface area contributed by atoms with Crippen LogP contribution in [0, 0.1) is 11.3 Å². The van der Waals surface area contributed by atoms with Gasteiger partial charge in [-0.25, -0.2) is 0 Å². The zero-order valence-corrected chi connectivity index (χ0v) is 12.6. The van der Waals surface area contributed by atoms with Gasteiger partial charge in [-0.2, -0.15) is 0 Å². The number of rotatable bonds is 6. The van der Waals surface area contributed by atoms with Crippen molar-refractivity contribution < 1.29 is 0 Å². The zero-order valence-electron chi connectivity index (χ0n) is 12.6. The number of hydrogen-bond acceptors (Lipinski definition) is 2. The molecule has 2 heteroatoms. The smallest absolute Gasteiger partial charge is 0.0240 e. The van der Waals surface area contributed by atoms with Crippen LogP contribution in [0.4, 0.5) is 0 Å². The second kappa shape index (κ2) is 6.61. The largest absolute Gasteiger partial charge is 0.315 e. The predicted molar refractivity (Wildman–Crippen MR) is 73.8 cm³/mol. The molecule has 0 bridgehead atoms. The summed E-state index contributed by atoms with van der Waals surface area (Å²) in [5.74, 6) is 0.736. The fourth-order valence-corrected chi connectivity index (χ4v) is 2.00. The van der Waals surface area contributed by atoms with Crippen LogP contribution >= 0.6 is 0 Å². The third kappa shape index (κ3) is 5.86. The fourth-order valence-electron chi connectivity index (χ4n) is 2.00. The molecule has 0 fully saturated rings. The molecule has 0 rings (SSSR count). The van der Waals surface area contributed by atoms with Crippen LogP contribution in [0.5, 0.6) is 0 Å². The van der Waals surface area contributed by atoms with Gasteiger partial charge in [0.1, 0.15) is 0 Å². The van der Waals surface area contributed by atoms with Crippen LogP contribution in [0.25, 0.3) is 0 Å². The Balaban J connectivity index is 4.47. The van der Waals surface area contributed by atoms with Gasteiger partial charge in [0.15, 0.2) is 0 Å². The summed E-state index contributed by atoms with van der Waals surface area (Å²) in [7, 11) is 2.07. The summed E-state index contributed by atoms with van der Waals surface area (Å²) in [6, 6.07) is 1.18. The van der Waals surface area contributed by atoms with E-state index in [-0.39, 0.29) is 0 Å². The van der Waals surface area contributed by atoms with Gasteiger partial charge in [-0.1, -0.05) is 34.6 Å². The van der Waals surface area contributed by atoms with E-state index in [1.54, 1.807) is 0 Å². The Morgan fingerprint density at radius 3 is 1.75 bits per heavy atom. The molecule has 0 aromatic heterocycles. The Bertz CT molecular complexity index is 180. The molecule has 0 aliphatic heterocycles. The van der Waals surface area contributed by atoms with Crippen molar-refractivity contribution in [2.45, 2.75) is 60.5 Å². The molecule has 0 spiro atoms. The van der Waals surface area contributed by atoms with Crippen LogP contribution in [-0.4, -0.2) is 37.1 Å². The monoisotopic (exact) mass is 228 g/mol. The fraction of sp³-hybridized carbons (Fsp3) is 1.00.